The lowest BCUT2D eigenvalue weighted by atomic mass is 9.70. The fourth-order valence-corrected chi connectivity index (χ4v) is 4.58. The molecule has 2 aromatic rings. The number of anilines is 1. The van der Waals surface area contributed by atoms with Crippen molar-refractivity contribution in [1.82, 2.24) is 15.0 Å². The van der Waals surface area contributed by atoms with Gasteiger partial charge in [-0.3, -0.25) is 0 Å². The predicted octanol–water partition coefficient (Wildman–Crippen LogP) is 2.23. The number of aliphatic hydroxyl groups excluding tert-OH is 2. The number of fused-ring (bicyclic) bond motifs is 1. The normalized spacial score (nSPS) is 23.9. The van der Waals surface area contributed by atoms with E-state index >= 15 is 0 Å². The third-order valence-electron chi connectivity index (χ3n) is 6.11. The van der Waals surface area contributed by atoms with Gasteiger partial charge in [-0.1, -0.05) is 17.3 Å². The number of aromatic nitrogens is 3. The lowest BCUT2D eigenvalue weighted by Gasteiger charge is -2.35. The average molecular weight is 470 g/mol. The van der Waals surface area contributed by atoms with Crippen LogP contribution in [-0.4, -0.2) is 57.3 Å². The largest absolute Gasteiger partial charge is 0.481 e. The van der Waals surface area contributed by atoms with Crippen LogP contribution in [0.3, 0.4) is 0 Å². The summed E-state index contributed by atoms with van der Waals surface area (Å²) in [5.41, 5.74) is 9.44. The maximum atomic E-state index is 14.3. The van der Waals surface area contributed by atoms with E-state index in [1.165, 1.54) is 6.08 Å². The van der Waals surface area contributed by atoms with E-state index in [2.05, 4.69) is 20.1 Å². The number of ether oxygens (including phenoxy) is 1. The van der Waals surface area contributed by atoms with Crippen molar-refractivity contribution >= 4 is 11.7 Å². The molecule has 34 heavy (non-hydrogen) atoms. The van der Waals surface area contributed by atoms with Gasteiger partial charge in [-0.05, 0) is 49.8 Å². The molecular weight excluding hydrogens is 441 g/mol. The molecule has 0 fully saturated rings. The van der Waals surface area contributed by atoms with Crippen molar-refractivity contribution in [3.63, 3.8) is 0 Å². The Kier molecular flexibility index (Phi) is 7.18. The number of oxime groups is 1. The number of pyridine rings is 1. The maximum Gasteiger partial charge on any atom is 0.220 e. The maximum absolute atomic E-state index is 14.3. The summed E-state index contributed by atoms with van der Waals surface area (Å²) in [4.78, 5) is 18.6. The van der Waals surface area contributed by atoms with Crippen molar-refractivity contribution in [3.8, 4) is 5.88 Å². The fraction of sp³-hybridized carbons (Fsp3) is 0.417. The minimum atomic E-state index is -1.04. The Balaban J connectivity index is 1.70. The van der Waals surface area contributed by atoms with Gasteiger partial charge in [0.25, 0.3) is 0 Å². The quantitative estimate of drug-likeness (QED) is 0.525. The van der Waals surface area contributed by atoms with Gasteiger partial charge in [-0.25, -0.2) is 19.3 Å². The minimum Gasteiger partial charge on any atom is -0.481 e. The van der Waals surface area contributed by atoms with Crippen LogP contribution in [-0.2, 0) is 11.3 Å². The van der Waals surface area contributed by atoms with E-state index in [4.69, 9.17) is 20.4 Å². The summed E-state index contributed by atoms with van der Waals surface area (Å²) in [7, 11) is 1.54. The van der Waals surface area contributed by atoms with E-state index in [0.29, 0.717) is 35.8 Å². The van der Waals surface area contributed by atoms with Gasteiger partial charge in [0.2, 0.25) is 11.8 Å². The van der Waals surface area contributed by atoms with Crippen LogP contribution in [0.15, 0.2) is 47.4 Å². The Hall–Kier alpha value is -3.37. The van der Waals surface area contributed by atoms with Crippen molar-refractivity contribution in [2.45, 2.75) is 31.8 Å². The molecule has 9 nitrogen and oxygen atoms in total. The molecule has 0 saturated heterocycles. The second-order valence-corrected chi connectivity index (χ2v) is 8.45. The molecule has 2 aliphatic rings. The van der Waals surface area contributed by atoms with Crippen LogP contribution in [0.25, 0.3) is 0 Å². The van der Waals surface area contributed by atoms with Gasteiger partial charge in [0.15, 0.2) is 0 Å². The lowest BCUT2D eigenvalue weighted by Crippen LogP contribution is -2.32. The van der Waals surface area contributed by atoms with Crippen molar-refractivity contribution in [3.05, 3.63) is 64.9 Å². The number of hydrogen-bond donors (Lipinski definition) is 3. The molecule has 0 amide bonds. The van der Waals surface area contributed by atoms with Crippen molar-refractivity contribution in [2.75, 3.05) is 26.1 Å². The summed E-state index contributed by atoms with van der Waals surface area (Å²) >= 11 is 0. The molecule has 0 aliphatic heterocycles. The van der Waals surface area contributed by atoms with Crippen LogP contribution >= 0.6 is 0 Å². The number of nitrogens with zero attached hydrogens (tertiary/aromatic N) is 4. The first kappa shape index (κ1) is 23.8. The molecule has 0 bridgehead atoms. The van der Waals surface area contributed by atoms with Crippen LogP contribution in [0.1, 0.15) is 35.0 Å². The summed E-state index contributed by atoms with van der Waals surface area (Å²) in [5.74, 6) is -0.112. The fourth-order valence-electron chi connectivity index (χ4n) is 4.58. The van der Waals surface area contributed by atoms with Gasteiger partial charge in [-0.2, -0.15) is 0 Å². The molecule has 4 N–H and O–H groups in total. The standard InChI is InChI=1S/C24H28FN5O4/c1-13-23-20(29-24(26)27-13)8-14(9-21(23)30-34-12-16(32)11-31)17-7-6-15(25)10-18(17)19-4-3-5-22(28-19)33-2/h3-7,10,14,16-18,31-32H,8-9,11-12H2,1-2H3,(H2,26,27,29)/b30-21+/t14-,16+,17?,18?/m1/s1. The monoisotopic (exact) mass is 469 g/mol. The van der Waals surface area contributed by atoms with Gasteiger partial charge in [0, 0.05) is 17.5 Å². The molecule has 180 valence electrons. The highest BCUT2D eigenvalue weighted by atomic mass is 19.1. The van der Waals surface area contributed by atoms with Crippen molar-refractivity contribution in [2.24, 2.45) is 17.0 Å². The Morgan fingerprint density at radius 2 is 2.09 bits per heavy atom. The zero-order valence-corrected chi connectivity index (χ0v) is 19.1. The van der Waals surface area contributed by atoms with Crippen molar-refractivity contribution in [1.29, 1.82) is 0 Å². The first-order valence-corrected chi connectivity index (χ1v) is 11.1. The van der Waals surface area contributed by atoms with Crippen LogP contribution in [0.2, 0.25) is 0 Å². The molecule has 2 aromatic heterocycles. The smallest absolute Gasteiger partial charge is 0.220 e. The van der Waals surface area contributed by atoms with Crippen LogP contribution in [0.5, 0.6) is 5.88 Å². The van der Waals surface area contributed by atoms with Gasteiger partial charge < -0.3 is 25.5 Å². The van der Waals surface area contributed by atoms with Crippen LogP contribution in [0.4, 0.5) is 10.3 Å². The number of nitrogen functional groups attached to an aromatic ring is 1. The number of halogens is 1. The third kappa shape index (κ3) is 5.07. The minimum absolute atomic E-state index is 0.00934. The van der Waals surface area contributed by atoms with E-state index in [1.54, 1.807) is 19.3 Å². The Bertz CT molecular complexity index is 1140. The Morgan fingerprint density at radius 3 is 2.85 bits per heavy atom. The predicted molar refractivity (Wildman–Crippen MR) is 124 cm³/mol. The number of nitrogens with two attached hydrogens (primary N) is 1. The van der Waals surface area contributed by atoms with Crippen molar-refractivity contribution < 1.29 is 24.2 Å². The number of rotatable bonds is 7. The number of hydrogen-bond acceptors (Lipinski definition) is 9. The van der Waals surface area contributed by atoms with Crippen LogP contribution < -0.4 is 10.5 Å². The van der Waals surface area contributed by atoms with Crippen LogP contribution in [0, 0.1) is 18.8 Å². The number of methoxy groups -OCH3 is 1. The molecule has 0 aromatic carbocycles. The molecule has 4 atom stereocenters. The number of allylic oxidation sites excluding steroid dienone is 4. The molecule has 10 heteroatoms. The summed E-state index contributed by atoms with van der Waals surface area (Å²) < 4.78 is 19.6. The summed E-state index contributed by atoms with van der Waals surface area (Å²) in [5, 5.41) is 22.9. The van der Waals surface area contributed by atoms with E-state index in [-0.39, 0.29) is 36.1 Å². The first-order valence-electron chi connectivity index (χ1n) is 11.1. The second-order valence-electron chi connectivity index (χ2n) is 8.45. The average Bonchev–Trinajstić information content (AvgIpc) is 2.83. The zero-order valence-electron chi connectivity index (χ0n) is 19.1. The SMILES string of the molecule is COc1cccc(C2C=C(F)C=CC2[C@H]2C/C(=N\OC[C@@H](O)CO)c3c(C)nc(N)nc3C2)n1. The molecule has 2 unspecified atom stereocenters. The molecular formula is C24H28FN5O4. The molecule has 4 rings (SSSR count). The molecule has 2 heterocycles. The summed E-state index contributed by atoms with van der Waals surface area (Å²) in [6.07, 6.45) is 4.98. The highest BCUT2D eigenvalue weighted by Crippen LogP contribution is 2.42. The highest BCUT2D eigenvalue weighted by molar-refractivity contribution is 6.03. The lowest BCUT2D eigenvalue weighted by molar-refractivity contribution is 0.00802. The third-order valence-corrected chi connectivity index (χ3v) is 6.11. The molecule has 0 saturated carbocycles. The molecule has 0 radical (unpaired) electrons. The van der Waals surface area contributed by atoms with Gasteiger partial charge >= 0.3 is 0 Å². The number of aliphatic hydroxyl groups is 2. The molecule has 2 aliphatic carbocycles. The topological polar surface area (TPSA) is 136 Å². The van der Waals surface area contributed by atoms with Gasteiger partial charge in [0.05, 0.1) is 36.5 Å². The number of aryl methyl sites for hydroxylation is 1. The van der Waals surface area contributed by atoms with E-state index in [9.17, 15) is 9.50 Å². The Morgan fingerprint density at radius 1 is 1.26 bits per heavy atom. The summed E-state index contributed by atoms with van der Waals surface area (Å²) in [6.45, 7) is 1.25. The highest BCUT2D eigenvalue weighted by Gasteiger charge is 2.37. The zero-order chi connectivity index (χ0) is 24.2. The Labute approximate surface area is 196 Å². The summed E-state index contributed by atoms with van der Waals surface area (Å²) in [6, 6.07) is 5.45. The van der Waals surface area contributed by atoms with E-state index < -0.39 is 12.7 Å². The first-order chi connectivity index (χ1) is 16.4. The molecule has 0 spiro atoms. The second kappa shape index (κ2) is 10.3. The van der Waals surface area contributed by atoms with Gasteiger partial charge in [0.1, 0.15) is 18.5 Å². The van der Waals surface area contributed by atoms with E-state index in [0.717, 1.165) is 11.3 Å². The van der Waals surface area contributed by atoms with Gasteiger partial charge in [-0.15, -0.1) is 0 Å². The van der Waals surface area contributed by atoms with E-state index in [1.807, 2.05) is 25.1 Å².